The van der Waals surface area contributed by atoms with Crippen LogP contribution in [-0.4, -0.2) is 32.9 Å². The molecule has 2 rings (SSSR count). The number of hydrogen-bond donors (Lipinski definition) is 2. The monoisotopic (exact) mass is 418 g/mol. The maximum absolute atomic E-state index is 12.5. The first-order valence-corrected chi connectivity index (χ1v) is 10.7. The van der Waals surface area contributed by atoms with Gasteiger partial charge in [0.1, 0.15) is 6.04 Å². The number of nitrogens with one attached hydrogen (secondary N) is 2. The highest BCUT2D eigenvalue weighted by molar-refractivity contribution is 7.89. The predicted molar refractivity (Wildman–Crippen MR) is 111 cm³/mol. The Morgan fingerprint density at radius 3 is 2.31 bits per heavy atom. The number of anilines is 1. The number of benzene rings is 2. The summed E-state index contributed by atoms with van der Waals surface area (Å²) in [5.74, 6) is -1.68. The second-order valence-corrected chi connectivity index (χ2v) is 8.84. The second kappa shape index (κ2) is 9.67. The number of amides is 1. The van der Waals surface area contributed by atoms with Crippen molar-refractivity contribution in [3.05, 3.63) is 59.7 Å². The highest BCUT2D eigenvalue weighted by Gasteiger charge is 2.30. The van der Waals surface area contributed by atoms with Gasteiger partial charge in [-0.05, 0) is 49.1 Å². The standard InChI is InChI=1S/C21H26N2O5S/c1-14(2)20(23-29(26,27)17-8-6-5-7-9-17)21(25)28-13-19(24)22-18-12-15(3)10-11-16(18)4/h5-12,14,20,23H,13H2,1-4H3,(H,22,24)/t20-/m0/s1. The second-order valence-electron chi connectivity index (χ2n) is 7.13. The van der Waals surface area contributed by atoms with Gasteiger partial charge in [-0.3, -0.25) is 9.59 Å². The zero-order chi connectivity index (χ0) is 21.6. The summed E-state index contributed by atoms with van der Waals surface area (Å²) in [5.41, 5.74) is 2.50. The van der Waals surface area contributed by atoms with Gasteiger partial charge in [0.2, 0.25) is 10.0 Å². The molecular formula is C21H26N2O5S. The lowest BCUT2D eigenvalue weighted by Crippen LogP contribution is -2.45. The number of hydrogen-bond acceptors (Lipinski definition) is 5. The van der Waals surface area contributed by atoms with Gasteiger partial charge in [0, 0.05) is 5.69 Å². The van der Waals surface area contributed by atoms with Crippen molar-refractivity contribution in [2.24, 2.45) is 5.92 Å². The van der Waals surface area contributed by atoms with Gasteiger partial charge < -0.3 is 10.1 Å². The van der Waals surface area contributed by atoms with E-state index in [1.807, 2.05) is 32.0 Å². The molecule has 0 saturated heterocycles. The van der Waals surface area contributed by atoms with Gasteiger partial charge in [-0.25, -0.2) is 8.42 Å². The van der Waals surface area contributed by atoms with Gasteiger partial charge in [-0.1, -0.05) is 44.2 Å². The van der Waals surface area contributed by atoms with Crippen LogP contribution < -0.4 is 10.0 Å². The number of carbonyl (C=O) groups is 2. The van der Waals surface area contributed by atoms with E-state index in [2.05, 4.69) is 10.0 Å². The Morgan fingerprint density at radius 1 is 1.03 bits per heavy atom. The maximum atomic E-state index is 12.5. The van der Waals surface area contributed by atoms with Gasteiger partial charge >= 0.3 is 5.97 Å². The van der Waals surface area contributed by atoms with E-state index in [4.69, 9.17) is 4.74 Å². The molecule has 2 aromatic rings. The third-order valence-corrected chi connectivity index (χ3v) is 5.73. The molecule has 0 radical (unpaired) electrons. The van der Waals surface area contributed by atoms with Crippen molar-refractivity contribution in [2.75, 3.05) is 11.9 Å². The number of esters is 1. The first-order chi connectivity index (χ1) is 13.6. The summed E-state index contributed by atoms with van der Waals surface area (Å²) in [6.45, 7) is 6.63. The SMILES string of the molecule is Cc1ccc(C)c(NC(=O)COC(=O)[C@@H](NS(=O)(=O)c2ccccc2)C(C)C)c1. The summed E-state index contributed by atoms with van der Waals surface area (Å²) in [5, 5.41) is 2.69. The Bertz CT molecular complexity index is 972. The summed E-state index contributed by atoms with van der Waals surface area (Å²) in [4.78, 5) is 24.6. The van der Waals surface area contributed by atoms with Gasteiger partial charge in [-0.2, -0.15) is 4.72 Å². The fourth-order valence-electron chi connectivity index (χ4n) is 2.57. The Labute approximate surface area is 171 Å². The van der Waals surface area contributed by atoms with Crippen LogP contribution in [0.4, 0.5) is 5.69 Å². The molecule has 0 aliphatic heterocycles. The molecule has 29 heavy (non-hydrogen) atoms. The molecule has 1 atom stereocenters. The molecule has 0 aromatic heterocycles. The minimum atomic E-state index is -3.90. The molecular weight excluding hydrogens is 392 g/mol. The minimum Gasteiger partial charge on any atom is -0.454 e. The van der Waals surface area contributed by atoms with Crippen LogP contribution >= 0.6 is 0 Å². The third kappa shape index (κ3) is 6.40. The van der Waals surface area contributed by atoms with Crippen LogP contribution in [0.1, 0.15) is 25.0 Å². The molecule has 2 N–H and O–H groups in total. The lowest BCUT2D eigenvalue weighted by molar-refractivity contribution is -0.150. The minimum absolute atomic E-state index is 0.0473. The van der Waals surface area contributed by atoms with E-state index in [0.29, 0.717) is 5.69 Å². The van der Waals surface area contributed by atoms with Crippen molar-refractivity contribution in [3.8, 4) is 0 Å². The van der Waals surface area contributed by atoms with Crippen molar-refractivity contribution in [1.29, 1.82) is 0 Å². The van der Waals surface area contributed by atoms with Crippen LogP contribution in [0.3, 0.4) is 0 Å². The zero-order valence-corrected chi connectivity index (χ0v) is 17.7. The quantitative estimate of drug-likeness (QED) is 0.642. The Balaban J connectivity index is 2.01. The molecule has 0 aliphatic carbocycles. The van der Waals surface area contributed by atoms with E-state index >= 15 is 0 Å². The van der Waals surface area contributed by atoms with Crippen molar-refractivity contribution < 1.29 is 22.7 Å². The van der Waals surface area contributed by atoms with Gasteiger partial charge in [0.05, 0.1) is 4.90 Å². The summed E-state index contributed by atoms with van der Waals surface area (Å²) >= 11 is 0. The fourth-order valence-corrected chi connectivity index (χ4v) is 3.93. The topological polar surface area (TPSA) is 102 Å². The maximum Gasteiger partial charge on any atom is 0.324 e. The van der Waals surface area contributed by atoms with Crippen LogP contribution in [0.15, 0.2) is 53.4 Å². The average Bonchev–Trinajstić information content (AvgIpc) is 2.67. The number of rotatable bonds is 8. The molecule has 0 heterocycles. The van der Waals surface area contributed by atoms with Crippen LogP contribution in [-0.2, 0) is 24.3 Å². The predicted octanol–water partition coefficient (Wildman–Crippen LogP) is 2.79. The molecule has 156 valence electrons. The fraction of sp³-hybridized carbons (Fsp3) is 0.333. The summed E-state index contributed by atoms with van der Waals surface area (Å²) < 4.78 is 32.4. The first-order valence-electron chi connectivity index (χ1n) is 9.21. The van der Waals surface area contributed by atoms with Crippen LogP contribution in [0.25, 0.3) is 0 Å². The number of aryl methyl sites for hydroxylation is 2. The highest BCUT2D eigenvalue weighted by Crippen LogP contribution is 2.16. The van der Waals surface area contributed by atoms with Gasteiger partial charge in [-0.15, -0.1) is 0 Å². The normalized spacial score (nSPS) is 12.4. The van der Waals surface area contributed by atoms with Crippen molar-refractivity contribution in [3.63, 3.8) is 0 Å². The summed E-state index contributed by atoms with van der Waals surface area (Å²) in [6, 6.07) is 12.3. The Morgan fingerprint density at radius 2 is 1.69 bits per heavy atom. The number of ether oxygens (including phenoxy) is 1. The molecule has 2 aromatic carbocycles. The van der Waals surface area contributed by atoms with Crippen LogP contribution in [0.2, 0.25) is 0 Å². The lowest BCUT2D eigenvalue weighted by atomic mass is 10.1. The van der Waals surface area contributed by atoms with E-state index in [0.717, 1.165) is 11.1 Å². The van der Waals surface area contributed by atoms with Crippen LogP contribution in [0.5, 0.6) is 0 Å². The molecule has 0 spiro atoms. The first kappa shape index (κ1) is 22.6. The van der Waals surface area contributed by atoms with E-state index in [1.165, 1.54) is 12.1 Å². The third-order valence-electron chi connectivity index (χ3n) is 4.27. The Kier molecular flexibility index (Phi) is 7.53. The highest BCUT2D eigenvalue weighted by atomic mass is 32.2. The molecule has 1 amide bonds. The van der Waals surface area contributed by atoms with Crippen molar-refractivity contribution in [2.45, 2.75) is 38.6 Å². The lowest BCUT2D eigenvalue weighted by Gasteiger charge is -2.20. The zero-order valence-electron chi connectivity index (χ0n) is 16.9. The van der Waals surface area contributed by atoms with E-state index in [1.54, 1.807) is 32.0 Å². The Hall–Kier alpha value is -2.71. The van der Waals surface area contributed by atoms with Gasteiger partial charge in [0.25, 0.3) is 5.91 Å². The molecule has 0 fully saturated rings. The molecule has 8 heteroatoms. The van der Waals surface area contributed by atoms with Crippen molar-refractivity contribution in [1.82, 2.24) is 4.72 Å². The molecule has 0 bridgehead atoms. The summed E-state index contributed by atoms with van der Waals surface area (Å²) in [6.07, 6.45) is 0. The number of carbonyl (C=O) groups excluding carboxylic acids is 2. The average molecular weight is 419 g/mol. The molecule has 0 saturated carbocycles. The van der Waals surface area contributed by atoms with Crippen LogP contribution in [0, 0.1) is 19.8 Å². The van der Waals surface area contributed by atoms with Gasteiger partial charge in [0.15, 0.2) is 6.61 Å². The molecule has 0 unspecified atom stereocenters. The largest absolute Gasteiger partial charge is 0.454 e. The van der Waals surface area contributed by atoms with Crippen molar-refractivity contribution >= 4 is 27.6 Å². The number of sulfonamides is 1. The van der Waals surface area contributed by atoms with E-state index in [9.17, 15) is 18.0 Å². The smallest absolute Gasteiger partial charge is 0.324 e. The molecule has 7 nitrogen and oxygen atoms in total. The summed E-state index contributed by atoms with van der Waals surface area (Å²) in [7, 11) is -3.90. The molecule has 0 aliphatic rings. The van der Waals surface area contributed by atoms with E-state index in [-0.39, 0.29) is 10.8 Å². The van der Waals surface area contributed by atoms with E-state index < -0.39 is 34.5 Å².